The topological polar surface area (TPSA) is 130 Å². The van der Waals surface area contributed by atoms with E-state index < -0.39 is 16.5 Å². The Morgan fingerprint density at radius 1 is 1.62 bits per heavy atom. The van der Waals surface area contributed by atoms with Crippen LogP contribution in [0.4, 0.5) is 5.69 Å². The monoisotopic (exact) mass is 221 g/mol. The molecule has 0 aliphatic rings. The quantitative estimate of drug-likeness (QED) is 0.568. The van der Waals surface area contributed by atoms with Crippen molar-refractivity contribution in [3.8, 4) is 6.07 Å². The number of benzene rings is 1. The molecule has 1 aromatic carbocycles. The number of hydrogen-bond acceptors (Lipinski definition) is 5. The number of nitrogens with two attached hydrogens (primary N) is 1. The van der Waals surface area contributed by atoms with Gasteiger partial charge in [-0.15, -0.1) is 0 Å². The summed E-state index contributed by atoms with van der Waals surface area (Å²) in [4.78, 5) is 20.7. The third-order valence-electron chi connectivity index (χ3n) is 1.99. The van der Waals surface area contributed by atoms with Gasteiger partial charge >= 0.3 is 5.97 Å². The molecule has 82 valence electrons. The van der Waals surface area contributed by atoms with Crippen molar-refractivity contribution in [3.63, 3.8) is 0 Å². The van der Waals surface area contributed by atoms with Gasteiger partial charge in [0.15, 0.2) is 0 Å². The lowest BCUT2D eigenvalue weighted by Crippen LogP contribution is -2.07. The third kappa shape index (κ3) is 1.97. The summed E-state index contributed by atoms with van der Waals surface area (Å²) in [5, 5.41) is 28.1. The minimum Gasteiger partial charge on any atom is -0.478 e. The van der Waals surface area contributed by atoms with Crippen molar-refractivity contribution in [1.82, 2.24) is 0 Å². The Morgan fingerprint density at radius 2 is 2.25 bits per heavy atom. The fourth-order valence-corrected chi connectivity index (χ4v) is 1.24. The van der Waals surface area contributed by atoms with Crippen LogP contribution in [0, 0.1) is 21.4 Å². The number of carbonyl (C=O) groups is 1. The van der Waals surface area contributed by atoms with Crippen molar-refractivity contribution >= 4 is 11.7 Å². The molecule has 7 heteroatoms. The number of nitro benzene ring substituents is 1. The summed E-state index contributed by atoms with van der Waals surface area (Å²) in [7, 11) is 0. The molecular weight excluding hydrogens is 214 g/mol. The molecule has 0 radical (unpaired) electrons. The van der Waals surface area contributed by atoms with Crippen molar-refractivity contribution in [2.75, 3.05) is 0 Å². The maximum atomic E-state index is 10.8. The summed E-state index contributed by atoms with van der Waals surface area (Å²) in [6.45, 7) is -0.134. The Labute approximate surface area is 89.9 Å². The third-order valence-corrected chi connectivity index (χ3v) is 1.99. The zero-order valence-corrected chi connectivity index (χ0v) is 8.01. The van der Waals surface area contributed by atoms with E-state index in [2.05, 4.69) is 0 Å². The molecule has 0 aliphatic carbocycles. The van der Waals surface area contributed by atoms with E-state index in [1.54, 1.807) is 6.07 Å². The molecule has 0 saturated carbocycles. The lowest BCUT2D eigenvalue weighted by Gasteiger charge is -2.03. The first-order valence-electron chi connectivity index (χ1n) is 4.16. The number of carboxylic acid groups (broad SMARTS) is 1. The van der Waals surface area contributed by atoms with Crippen LogP contribution in [0.15, 0.2) is 12.1 Å². The summed E-state index contributed by atoms with van der Waals surface area (Å²) in [5.41, 5.74) is 4.48. The van der Waals surface area contributed by atoms with Crippen LogP contribution in [0.25, 0.3) is 0 Å². The first-order chi connectivity index (χ1) is 7.51. The fourth-order valence-electron chi connectivity index (χ4n) is 1.24. The number of rotatable bonds is 3. The summed E-state index contributed by atoms with van der Waals surface area (Å²) in [6.07, 6.45) is 0. The number of hydrogen-bond donors (Lipinski definition) is 2. The van der Waals surface area contributed by atoms with Crippen LogP contribution in [0.5, 0.6) is 0 Å². The number of nitro groups is 1. The number of nitriles is 1. The Morgan fingerprint density at radius 3 is 2.62 bits per heavy atom. The van der Waals surface area contributed by atoms with Crippen molar-refractivity contribution in [2.45, 2.75) is 6.54 Å². The Hall–Kier alpha value is -2.46. The molecule has 0 fully saturated rings. The molecule has 0 aromatic heterocycles. The van der Waals surface area contributed by atoms with Gasteiger partial charge in [-0.1, -0.05) is 0 Å². The molecule has 0 unspecified atom stereocenters. The number of aromatic carboxylic acids is 1. The van der Waals surface area contributed by atoms with Gasteiger partial charge in [-0.2, -0.15) is 5.26 Å². The normalized spacial score (nSPS) is 9.50. The van der Waals surface area contributed by atoms with Gasteiger partial charge in [0.2, 0.25) is 0 Å². The minimum absolute atomic E-state index is 0.131. The first kappa shape index (κ1) is 11.6. The van der Waals surface area contributed by atoms with Crippen LogP contribution in [0.3, 0.4) is 0 Å². The van der Waals surface area contributed by atoms with Gasteiger partial charge in [-0.3, -0.25) is 10.1 Å². The summed E-state index contributed by atoms with van der Waals surface area (Å²) in [5.74, 6) is -1.39. The predicted molar refractivity (Wildman–Crippen MR) is 52.7 cm³/mol. The van der Waals surface area contributed by atoms with E-state index in [4.69, 9.17) is 16.1 Å². The molecule has 0 atom stereocenters. The second-order valence-electron chi connectivity index (χ2n) is 2.90. The second-order valence-corrected chi connectivity index (χ2v) is 2.90. The van der Waals surface area contributed by atoms with Gasteiger partial charge in [0, 0.05) is 18.2 Å². The van der Waals surface area contributed by atoms with Crippen LogP contribution in [-0.4, -0.2) is 16.0 Å². The molecular formula is C9H7N3O4. The van der Waals surface area contributed by atoms with E-state index in [0.29, 0.717) is 0 Å². The van der Waals surface area contributed by atoms with Gasteiger partial charge in [0.1, 0.15) is 6.07 Å². The molecule has 7 nitrogen and oxygen atoms in total. The van der Waals surface area contributed by atoms with Crippen LogP contribution in [-0.2, 0) is 6.54 Å². The minimum atomic E-state index is -1.39. The van der Waals surface area contributed by atoms with Crippen LogP contribution in [0.1, 0.15) is 21.5 Å². The van der Waals surface area contributed by atoms with Crippen LogP contribution < -0.4 is 5.73 Å². The van der Waals surface area contributed by atoms with E-state index in [1.165, 1.54) is 0 Å². The van der Waals surface area contributed by atoms with E-state index >= 15 is 0 Å². The molecule has 0 aliphatic heterocycles. The van der Waals surface area contributed by atoms with Crippen LogP contribution >= 0.6 is 0 Å². The SMILES string of the molecule is N#Cc1cc(CN)c([N+](=O)[O-])cc1C(=O)O. The highest BCUT2D eigenvalue weighted by Crippen LogP contribution is 2.23. The Balaban J connectivity index is 3.54. The van der Waals surface area contributed by atoms with Gasteiger partial charge in [-0.25, -0.2) is 4.79 Å². The van der Waals surface area contributed by atoms with Gasteiger partial charge in [-0.05, 0) is 6.07 Å². The molecule has 0 bridgehead atoms. The summed E-state index contributed by atoms with van der Waals surface area (Å²) in [6, 6.07) is 3.64. The lowest BCUT2D eigenvalue weighted by atomic mass is 10.0. The average molecular weight is 221 g/mol. The zero-order chi connectivity index (χ0) is 12.3. The average Bonchev–Trinajstić information content (AvgIpc) is 2.26. The number of carboxylic acids is 1. The first-order valence-corrected chi connectivity index (χ1v) is 4.16. The maximum absolute atomic E-state index is 10.8. The predicted octanol–water partition coefficient (Wildman–Crippen LogP) is 0.623. The van der Waals surface area contributed by atoms with E-state index in [9.17, 15) is 14.9 Å². The van der Waals surface area contributed by atoms with Crippen LogP contribution in [0.2, 0.25) is 0 Å². The van der Waals surface area contributed by atoms with Crippen molar-refractivity contribution in [2.24, 2.45) is 5.73 Å². The van der Waals surface area contributed by atoms with Gasteiger partial charge in [0.05, 0.1) is 16.1 Å². The Kier molecular flexibility index (Phi) is 3.17. The molecule has 3 N–H and O–H groups in total. The smallest absolute Gasteiger partial charge is 0.337 e. The van der Waals surface area contributed by atoms with E-state index in [1.807, 2.05) is 0 Å². The van der Waals surface area contributed by atoms with Gasteiger partial charge < -0.3 is 10.8 Å². The Bertz CT molecular complexity index is 504. The number of nitrogens with zero attached hydrogens (tertiary/aromatic N) is 2. The second kappa shape index (κ2) is 4.37. The molecule has 0 heterocycles. The molecule has 0 amide bonds. The van der Waals surface area contributed by atoms with Crippen molar-refractivity contribution < 1.29 is 14.8 Å². The molecule has 1 aromatic rings. The largest absolute Gasteiger partial charge is 0.478 e. The molecule has 0 saturated heterocycles. The highest BCUT2D eigenvalue weighted by molar-refractivity contribution is 5.91. The van der Waals surface area contributed by atoms with E-state index in [0.717, 1.165) is 12.1 Å². The van der Waals surface area contributed by atoms with Gasteiger partial charge in [0.25, 0.3) is 5.69 Å². The summed E-state index contributed by atoms with van der Waals surface area (Å²) >= 11 is 0. The van der Waals surface area contributed by atoms with Crippen molar-refractivity contribution in [3.05, 3.63) is 38.9 Å². The van der Waals surface area contributed by atoms with Crippen molar-refractivity contribution in [1.29, 1.82) is 5.26 Å². The highest BCUT2D eigenvalue weighted by atomic mass is 16.6. The molecule has 1 rings (SSSR count). The zero-order valence-electron chi connectivity index (χ0n) is 8.01. The maximum Gasteiger partial charge on any atom is 0.337 e. The fraction of sp³-hybridized carbons (Fsp3) is 0.111. The molecule has 0 spiro atoms. The lowest BCUT2D eigenvalue weighted by molar-refractivity contribution is -0.385. The molecule has 16 heavy (non-hydrogen) atoms. The standard InChI is InChI=1S/C9H7N3O4/c10-3-5-1-6(4-11)8(12(15)16)2-7(5)9(13)14/h1-2H,4,11H2,(H,13,14). The van der Waals surface area contributed by atoms with E-state index in [-0.39, 0.29) is 23.4 Å². The highest BCUT2D eigenvalue weighted by Gasteiger charge is 2.20. The summed E-state index contributed by atoms with van der Waals surface area (Å²) < 4.78 is 0.